The monoisotopic (exact) mass is 187 g/mol. The zero-order chi connectivity index (χ0) is 9.90. The van der Waals surface area contributed by atoms with Crippen molar-refractivity contribution in [2.24, 2.45) is 5.41 Å². The van der Waals surface area contributed by atoms with Crippen molar-refractivity contribution < 1.29 is 9.84 Å². The van der Waals surface area contributed by atoms with E-state index in [1.807, 2.05) is 0 Å². The third kappa shape index (κ3) is 3.63. The standard InChI is InChI=1S/C10H21NO2/c1-10(2)7-11(8-10)5-4-9(12)6-13-3/h9,12H,4-8H2,1-3H3. The predicted octanol–water partition coefficient (Wildman–Crippen LogP) is 0.726. The molecule has 3 heteroatoms. The van der Waals surface area contributed by atoms with E-state index in [4.69, 9.17) is 4.74 Å². The zero-order valence-electron chi connectivity index (χ0n) is 8.92. The summed E-state index contributed by atoms with van der Waals surface area (Å²) in [7, 11) is 1.62. The van der Waals surface area contributed by atoms with Crippen molar-refractivity contribution >= 4 is 0 Å². The average Bonchev–Trinajstić information content (AvgIpc) is 1.97. The van der Waals surface area contributed by atoms with Crippen LogP contribution in [-0.4, -0.2) is 49.5 Å². The minimum absolute atomic E-state index is 0.297. The molecule has 0 aromatic heterocycles. The number of rotatable bonds is 5. The van der Waals surface area contributed by atoms with Crippen molar-refractivity contribution in [2.45, 2.75) is 26.4 Å². The van der Waals surface area contributed by atoms with Crippen LogP contribution in [0.4, 0.5) is 0 Å². The second kappa shape index (κ2) is 4.40. The van der Waals surface area contributed by atoms with Gasteiger partial charge in [0, 0.05) is 26.7 Å². The van der Waals surface area contributed by atoms with Crippen LogP contribution in [0.25, 0.3) is 0 Å². The van der Waals surface area contributed by atoms with E-state index in [1.54, 1.807) is 7.11 Å². The van der Waals surface area contributed by atoms with Gasteiger partial charge in [0.2, 0.25) is 0 Å². The van der Waals surface area contributed by atoms with E-state index in [0.717, 1.165) is 26.1 Å². The maximum absolute atomic E-state index is 9.40. The maximum atomic E-state index is 9.40. The molecule has 0 radical (unpaired) electrons. The lowest BCUT2D eigenvalue weighted by atomic mass is 9.84. The van der Waals surface area contributed by atoms with E-state index in [-0.39, 0.29) is 6.10 Å². The topological polar surface area (TPSA) is 32.7 Å². The van der Waals surface area contributed by atoms with Gasteiger partial charge < -0.3 is 14.7 Å². The van der Waals surface area contributed by atoms with E-state index < -0.39 is 0 Å². The molecule has 0 aromatic carbocycles. The highest BCUT2D eigenvalue weighted by Gasteiger charge is 2.33. The quantitative estimate of drug-likeness (QED) is 0.688. The van der Waals surface area contributed by atoms with Gasteiger partial charge in [-0.3, -0.25) is 0 Å². The van der Waals surface area contributed by atoms with Gasteiger partial charge in [0.1, 0.15) is 0 Å². The van der Waals surface area contributed by atoms with Gasteiger partial charge in [-0.25, -0.2) is 0 Å². The van der Waals surface area contributed by atoms with Crippen molar-refractivity contribution in [3.63, 3.8) is 0 Å². The summed E-state index contributed by atoms with van der Waals surface area (Å²) in [5.41, 5.74) is 0.492. The van der Waals surface area contributed by atoms with Crippen LogP contribution in [0.1, 0.15) is 20.3 Å². The molecule has 78 valence electrons. The van der Waals surface area contributed by atoms with Crippen molar-refractivity contribution in [3.05, 3.63) is 0 Å². The van der Waals surface area contributed by atoms with Crippen LogP contribution in [0.15, 0.2) is 0 Å². The Balaban J connectivity index is 2.02. The van der Waals surface area contributed by atoms with Crippen LogP contribution in [-0.2, 0) is 4.74 Å². The number of hydrogen-bond donors (Lipinski definition) is 1. The Labute approximate surface area is 80.7 Å². The molecular weight excluding hydrogens is 166 g/mol. The molecule has 0 amide bonds. The number of methoxy groups -OCH3 is 1. The molecule has 1 atom stereocenters. The molecule has 1 saturated heterocycles. The fraction of sp³-hybridized carbons (Fsp3) is 1.00. The first-order valence-corrected chi connectivity index (χ1v) is 4.93. The van der Waals surface area contributed by atoms with Crippen LogP contribution < -0.4 is 0 Å². The highest BCUT2D eigenvalue weighted by atomic mass is 16.5. The third-order valence-electron chi connectivity index (χ3n) is 2.44. The Bertz CT molecular complexity index is 151. The maximum Gasteiger partial charge on any atom is 0.0785 e. The molecule has 0 aliphatic carbocycles. The Morgan fingerprint density at radius 2 is 2.08 bits per heavy atom. The zero-order valence-corrected chi connectivity index (χ0v) is 8.92. The second-order valence-electron chi connectivity index (χ2n) is 4.77. The van der Waals surface area contributed by atoms with Gasteiger partial charge in [-0.2, -0.15) is 0 Å². The molecule has 13 heavy (non-hydrogen) atoms. The van der Waals surface area contributed by atoms with Crippen LogP contribution >= 0.6 is 0 Å². The summed E-state index contributed by atoms with van der Waals surface area (Å²) in [4.78, 5) is 2.37. The molecule has 1 unspecified atom stereocenters. The number of aliphatic hydroxyl groups is 1. The minimum Gasteiger partial charge on any atom is -0.391 e. The van der Waals surface area contributed by atoms with Crippen molar-refractivity contribution in [3.8, 4) is 0 Å². The Kier molecular flexibility index (Phi) is 3.71. The molecule has 1 heterocycles. The summed E-state index contributed by atoms with van der Waals surface area (Å²) in [5.74, 6) is 0. The predicted molar refractivity (Wildman–Crippen MR) is 52.7 cm³/mol. The fourth-order valence-electron chi connectivity index (χ4n) is 1.93. The summed E-state index contributed by atoms with van der Waals surface area (Å²) in [6.07, 6.45) is 0.526. The molecule has 0 spiro atoms. The van der Waals surface area contributed by atoms with Crippen LogP contribution in [0.2, 0.25) is 0 Å². The van der Waals surface area contributed by atoms with E-state index in [1.165, 1.54) is 0 Å². The molecular formula is C10H21NO2. The highest BCUT2D eigenvalue weighted by molar-refractivity contribution is 4.87. The Hall–Kier alpha value is -0.120. The van der Waals surface area contributed by atoms with E-state index in [2.05, 4.69) is 18.7 Å². The molecule has 1 aliphatic rings. The van der Waals surface area contributed by atoms with E-state index >= 15 is 0 Å². The van der Waals surface area contributed by atoms with Gasteiger partial charge in [-0.05, 0) is 11.8 Å². The number of nitrogens with zero attached hydrogens (tertiary/aromatic N) is 1. The first kappa shape index (κ1) is 11.0. The summed E-state index contributed by atoms with van der Waals surface area (Å²) >= 11 is 0. The SMILES string of the molecule is COCC(O)CCN1CC(C)(C)C1. The lowest BCUT2D eigenvalue weighted by molar-refractivity contribution is 0.00467. The summed E-state index contributed by atoms with van der Waals surface area (Å²) < 4.78 is 4.86. The lowest BCUT2D eigenvalue weighted by Crippen LogP contribution is -2.53. The van der Waals surface area contributed by atoms with Crippen LogP contribution in [0.3, 0.4) is 0 Å². The fourth-order valence-corrected chi connectivity index (χ4v) is 1.93. The molecule has 1 fully saturated rings. The van der Waals surface area contributed by atoms with E-state index in [9.17, 15) is 5.11 Å². The number of likely N-dealkylation sites (tertiary alicyclic amines) is 1. The number of ether oxygens (including phenoxy) is 1. The molecule has 1 rings (SSSR count). The van der Waals surface area contributed by atoms with Gasteiger partial charge in [0.25, 0.3) is 0 Å². The van der Waals surface area contributed by atoms with Gasteiger partial charge in [0.15, 0.2) is 0 Å². The average molecular weight is 187 g/mol. The smallest absolute Gasteiger partial charge is 0.0785 e. The molecule has 3 nitrogen and oxygen atoms in total. The first-order chi connectivity index (χ1) is 6.03. The molecule has 0 bridgehead atoms. The van der Waals surface area contributed by atoms with E-state index in [0.29, 0.717) is 12.0 Å². The van der Waals surface area contributed by atoms with Gasteiger partial charge >= 0.3 is 0 Å². The Morgan fingerprint density at radius 1 is 1.46 bits per heavy atom. The van der Waals surface area contributed by atoms with Crippen molar-refractivity contribution in [2.75, 3.05) is 33.4 Å². The Morgan fingerprint density at radius 3 is 2.54 bits per heavy atom. The van der Waals surface area contributed by atoms with Gasteiger partial charge in [-0.15, -0.1) is 0 Å². The minimum atomic E-state index is -0.297. The normalized spacial score (nSPS) is 24.0. The van der Waals surface area contributed by atoms with Gasteiger partial charge in [0.05, 0.1) is 12.7 Å². The molecule has 1 aliphatic heterocycles. The third-order valence-corrected chi connectivity index (χ3v) is 2.44. The largest absolute Gasteiger partial charge is 0.391 e. The first-order valence-electron chi connectivity index (χ1n) is 4.93. The van der Waals surface area contributed by atoms with Crippen LogP contribution in [0, 0.1) is 5.41 Å². The summed E-state index contributed by atoms with van der Waals surface area (Å²) in [6.45, 7) is 8.31. The lowest BCUT2D eigenvalue weighted by Gasteiger charge is -2.46. The van der Waals surface area contributed by atoms with Gasteiger partial charge in [-0.1, -0.05) is 13.8 Å². The van der Waals surface area contributed by atoms with Crippen molar-refractivity contribution in [1.29, 1.82) is 0 Å². The number of aliphatic hydroxyl groups excluding tert-OH is 1. The molecule has 0 aromatic rings. The highest BCUT2D eigenvalue weighted by Crippen LogP contribution is 2.28. The molecule has 1 N–H and O–H groups in total. The number of hydrogen-bond acceptors (Lipinski definition) is 3. The second-order valence-corrected chi connectivity index (χ2v) is 4.77. The summed E-state index contributed by atoms with van der Waals surface area (Å²) in [5, 5.41) is 9.40. The summed E-state index contributed by atoms with van der Waals surface area (Å²) in [6, 6.07) is 0. The molecule has 0 saturated carbocycles. The van der Waals surface area contributed by atoms with Crippen molar-refractivity contribution in [1.82, 2.24) is 4.90 Å². The van der Waals surface area contributed by atoms with Crippen LogP contribution in [0.5, 0.6) is 0 Å².